The maximum Gasteiger partial charge on any atom is -0.000741 e. The first-order chi connectivity index (χ1) is 29.8. The van der Waals surface area contributed by atoms with Gasteiger partial charge in [0.1, 0.15) is 0 Å². The van der Waals surface area contributed by atoms with Gasteiger partial charge in [-0.05, 0) is 121 Å². The van der Waals surface area contributed by atoms with Crippen molar-refractivity contribution in [3.05, 3.63) is 231 Å². The molecule has 0 fully saturated rings. The summed E-state index contributed by atoms with van der Waals surface area (Å²) in [4.78, 5) is 0. The minimum absolute atomic E-state index is 1.18. The fourth-order valence-corrected chi connectivity index (χ4v) is 10.1. The molecule has 0 aliphatic carbocycles. The number of benzene rings is 12. The summed E-state index contributed by atoms with van der Waals surface area (Å²) in [5.41, 5.74) is 14.6. The second-order valence-corrected chi connectivity index (χ2v) is 15.9. The average molecular weight is 759 g/mol. The lowest BCUT2D eigenvalue weighted by Crippen LogP contribution is -2.03. The molecule has 12 aromatic carbocycles. The third-order valence-corrected chi connectivity index (χ3v) is 12.6. The van der Waals surface area contributed by atoms with E-state index in [1.165, 1.54) is 121 Å². The fraction of sp³-hybridized carbons (Fsp3) is 0. The van der Waals surface area contributed by atoms with Crippen LogP contribution < -0.4 is 0 Å². The first kappa shape index (κ1) is 34.3. The molecule has 0 amide bonds. The molecule has 278 valence electrons. The molecule has 0 saturated carbocycles. The summed E-state index contributed by atoms with van der Waals surface area (Å²) in [6, 6.07) is 85.5. The van der Waals surface area contributed by atoms with Crippen LogP contribution in [0.25, 0.3) is 121 Å². The van der Waals surface area contributed by atoms with Gasteiger partial charge < -0.3 is 0 Å². The molecule has 0 aliphatic rings. The largest absolute Gasteiger partial charge is 0.0622 e. The molecule has 0 atom stereocenters. The van der Waals surface area contributed by atoms with Crippen LogP contribution in [0.2, 0.25) is 0 Å². The van der Waals surface area contributed by atoms with E-state index < -0.39 is 0 Å². The predicted octanol–water partition coefficient (Wildman–Crippen LogP) is 16.9. The normalized spacial score (nSPS) is 11.7. The number of fused-ring (bicyclic) bond motifs is 2. The lowest BCUT2D eigenvalue weighted by atomic mass is 9.72. The van der Waals surface area contributed by atoms with E-state index in [0.29, 0.717) is 0 Å². The summed E-state index contributed by atoms with van der Waals surface area (Å²) in [6.45, 7) is 0. The molecule has 0 spiro atoms. The van der Waals surface area contributed by atoms with Crippen molar-refractivity contribution in [3.8, 4) is 66.8 Å². The van der Waals surface area contributed by atoms with E-state index in [-0.39, 0.29) is 0 Å². The lowest BCUT2D eigenvalue weighted by Gasteiger charge is -2.30. The molecule has 0 N–H and O–H groups in total. The average Bonchev–Trinajstić information content (AvgIpc) is 3.33. The Morgan fingerprint density at radius 2 is 0.500 bits per heavy atom. The van der Waals surface area contributed by atoms with Gasteiger partial charge in [-0.2, -0.15) is 0 Å². The monoisotopic (exact) mass is 758 g/mol. The van der Waals surface area contributed by atoms with Crippen LogP contribution in [0.1, 0.15) is 0 Å². The van der Waals surface area contributed by atoms with Gasteiger partial charge in [0.25, 0.3) is 0 Å². The van der Waals surface area contributed by atoms with Crippen LogP contribution in [0.3, 0.4) is 0 Å². The Morgan fingerprint density at radius 1 is 0.167 bits per heavy atom. The Labute approximate surface area is 349 Å². The Balaban J connectivity index is 1.41. The van der Waals surface area contributed by atoms with E-state index in [1.807, 2.05) is 0 Å². The van der Waals surface area contributed by atoms with E-state index in [9.17, 15) is 0 Å². The van der Waals surface area contributed by atoms with Crippen molar-refractivity contribution < 1.29 is 0 Å². The molecule has 60 heavy (non-hydrogen) atoms. The Bertz CT molecular complexity index is 3540. The summed E-state index contributed by atoms with van der Waals surface area (Å²) in [5, 5.41) is 12.6. The van der Waals surface area contributed by atoms with Crippen LogP contribution >= 0.6 is 0 Å². The summed E-state index contributed by atoms with van der Waals surface area (Å²) in [6.07, 6.45) is 0. The van der Waals surface area contributed by atoms with Gasteiger partial charge in [-0.1, -0.05) is 231 Å². The number of rotatable bonds is 6. The van der Waals surface area contributed by atoms with Gasteiger partial charge in [0.05, 0.1) is 0 Å². The smallest absolute Gasteiger partial charge is 0.000741 e. The number of hydrogen-bond acceptors (Lipinski definition) is 0. The molecule has 0 radical (unpaired) electrons. The van der Waals surface area contributed by atoms with Crippen molar-refractivity contribution in [1.29, 1.82) is 0 Å². The van der Waals surface area contributed by atoms with Crippen molar-refractivity contribution in [3.63, 3.8) is 0 Å². The fourth-order valence-electron chi connectivity index (χ4n) is 10.1. The van der Waals surface area contributed by atoms with Crippen molar-refractivity contribution >= 4 is 53.9 Å². The quantitative estimate of drug-likeness (QED) is 0.148. The third-order valence-electron chi connectivity index (χ3n) is 12.6. The highest BCUT2D eigenvalue weighted by Gasteiger charge is 2.31. The summed E-state index contributed by atoms with van der Waals surface area (Å²) in [7, 11) is 0. The topological polar surface area (TPSA) is 0 Å². The lowest BCUT2D eigenvalue weighted by molar-refractivity contribution is 1.54. The highest BCUT2D eigenvalue weighted by Crippen LogP contribution is 2.58. The van der Waals surface area contributed by atoms with Gasteiger partial charge >= 0.3 is 0 Å². The van der Waals surface area contributed by atoms with Crippen molar-refractivity contribution in [2.45, 2.75) is 0 Å². The van der Waals surface area contributed by atoms with Crippen LogP contribution in [-0.4, -0.2) is 0 Å². The van der Waals surface area contributed by atoms with Crippen LogP contribution in [-0.2, 0) is 0 Å². The Morgan fingerprint density at radius 3 is 1.02 bits per heavy atom. The maximum atomic E-state index is 2.40. The van der Waals surface area contributed by atoms with E-state index in [4.69, 9.17) is 0 Å². The van der Waals surface area contributed by atoms with Crippen molar-refractivity contribution in [2.75, 3.05) is 0 Å². The minimum atomic E-state index is 1.18. The zero-order valence-electron chi connectivity index (χ0n) is 32.9. The molecule has 0 heterocycles. The van der Waals surface area contributed by atoms with Crippen LogP contribution in [0.4, 0.5) is 0 Å². The highest BCUT2D eigenvalue weighted by molar-refractivity contribution is 6.28. The highest BCUT2D eigenvalue weighted by atomic mass is 14.3. The van der Waals surface area contributed by atoms with E-state index in [2.05, 4.69) is 231 Å². The van der Waals surface area contributed by atoms with Crippen molar-refractivity contribution in [1.82, 2.24) is 0 Å². The molecule has 12 aromatic rings. The summed E-state index contributed by atoms with van der Waals surface area (Å²) < 4.78 is 0. The van der Waals surface area contributed by atoms with Gasteiger partial charge in [-0.25, -0.2) is 0 Å². The first-order valence-corrected chi connectivity index (χ1v) is 20.9. The maximum absolute atomic E-state index is 2.40. The SMILES string of the molecule is c1ccc(-c2c(-c3ccccc3)c(-c3ccc4ccc5cccc6ccc3c4c56)c(-c3ccccc3)c(-c3cccc4ccccc34)c2-c2cccc3ccccc23)cc1. The zero-order valence-corrected chi connectivity index (χ0v) is 32.9. The molecule has 0 aromatic heterocycles. The van der Waals surface area contributed by atoms with Crippen LogP contribution in [0, 0.1) is 0 Å². The third kappa shape index (κ3) is 5.32. The summed E-state index contributed by atoms with van der Waals surface area (Å²) >= 11 is 0. The minimum Gasteiger partial charge on any atom is -0.0622 e. The van der Waals surface area contributed by atoms with E-state index in [0.717, 1.165) is 0 Å². The second-order valence-electron chi connectivity index (χ2n) is 15.9. The first-order valence-electron chi connectivity index (χ1n) is 20.9. The zero-order chi connectivity index (χ0) is 39.6. The van der Waals surface area contributed by atoms with E-state index >= 15 is 0 Å². The molecular weight excluding hydrogens is 721 g/mol. The van der Waals surface area contributed by atoms with Gasteiger partial charge in [0.15, 0.2) is 0 Å². The summed E-state index contributed by atoms with van der Waals surface area (Å²) in [5.74, 6) is 0. The molecule has 0 unspecified atom stereocenters. The van der Waals surface area contributed by atoms with E-state index in [1.54, 1.807) is 0 Å². The predicted molar refractivity (Wildman–Crippen MR) is 258 cm³/mol. The van der Waals surface area contributed by atoms with Crippen molar-refractivity contribution in [2.24, 2.45) is 0 Å². The van der Waals surface area contributed by atoms with Gasteiger partial charge in [-0.3, -0.25) is 0 Å². The molecule has 12 rings (SSSR count). The van der Waals surface area contributed by atoms with Gasteiger partial charge in [0.2, 0.25) is 0 Å². The molecular formula is C60H38. The standard InChI is InChI=1S/C60H38/c1-4-19-41(20-5-1)55-56(42-21-6-2-7-22-42)59(49-31-15-25-39-17-10-12-29-47(39)49)60(50-32-16-26-40-18-11-13-30-48(40)50)57(43-23-8-3-9-24-43)58(55)52-38-36-46-34-33-44-27-14-28-45-35-37-51(52)54(46)53(44)45/h1-38H. The molecule has 0 bridgehead atoms. The Hall–Kier alpha value is -7.80. The Kier molecular flexibility index (Phi) is 7.96. The molecule has 0 saturated heterocycles. The second kappa shape index (κ2) is 13.9. The number of hydrogen-bond donors (Lipinski definition) is 0. The molecule has 0 heteroatoms. The van der Waals surface area contributed by atoms with Crippen LogP contribution in [0.5, 0.6) is 0 Å². The molecule has 0 aliphatic heterocycles. The van der Waals surface area contributed by atoms with Gasteiger partial charge in [-0.15, -0.1) is 0 Å². The van der Waals surface area contributed by atoms with Crippen LogP contribution in [0.15, 0.2) is 231 Å². The molecule has 0 nitrogen and oxygen atoms in total. The van der Waals surface area contributed by atoms with Gasteiger partial charge in [0, 0.05) is 0 Å².